The maximum absolute atomic E-state index is 11.6. The number of hydrogen-bond acceptors (Lipinski definition) is 6. The molecule has 2 aliphatic rings. The summed E-state index contributed by atoms with van der Waals surface area (Å²) >= 11 is 1.67. The van der Waals surface area contributed by atoms with Crippen molar-refractivity contribution in [3.63, 3.8) is 0 Å². The molecule has 0 aliphatic carbocycles. The van der Waals surface area contributed by atoms with Gasteiger partial charge in [0.05, 0.1) is 25.0 Å². The van der Waals surface area contributed by atoms with E-state index in [9.17, 15) is 8.42 Å². The van der Waals surface area contributed by atoms with Crippen LogP contribution in [0, 0.1) is 11.8 Å². The first-order chi connectivity index (χ1) is 10.1. The Morgan fingerprint density at radius 3 is 3.10 bits per heavy atom. The van der Waals surface area contributed by atoms with Gasteiger partial charge in [0, 0.05) is 43.0 Å². The first-order valence-corrected chi connectivity index (χ1v) is 9.80. The van der Waals surface area contributed by atoms with Gasteiger partial charge in [0.2, 0.25) is 10.0 Å². The summed E-state index contributed by atoms with van der Waals surface area (Å²) in [5.74, 6) is 0.826. The molecular weight excluding hydrogens is 310 g/mol. The van der Waals surface area contributed by atoms with E-state index in [1.54, 1.807) is 18.3 Å². The van der Waals surface area contributed by atoms with E-state index in [1.807, 2.05) is 11.6 Å². The molecule has 0 bridgehead atoms. The van der Waals surface area contributed by atoms with Crippen LogP contribution in [0.15, 0.2) is 11.6 Å². The van der Waals surface area contributed by atoms with Crippen LogP contribution in [0.1, 0.15) is 11.9 Å². The highest BCUT2D eigenvalue weighted by molar-refractivity contribution is 7.89. The van der Waals surface area contributed by atoms with E-state index in [-0.39, 0.29) is 17.8 Å². The molecule has 2 fully saturated rings. The predicted octanol–water partition coefficient (Wildman–Crippen LogP) is 0.529. The Morgan fingerprint density at radius 2 is 2.38 bits per heavy atom. The Hall–Kier alpha value is -0.540. The van der Waals surface area contributed by atoms with Crippen LogP contribution < -0.4 is 4.72 Å². The normalized spacial score (nSPS) is 29.9. The number of thiazole rings is 1. The van der Waals surface area contributed by atoms with Gasteiger partial charge in [-0.2, -0.15) is 0 Å². The van der Waals surface area contributed by atoms with Crippen molar-refractivity contribution in [2.24, 2.45) is 11.8 Å². The van der Waals surface area contributed by atoms with Crippen LogP contribution in [-0.2, 0) is 21.3 Å². The number of nitrogens with one attached hydrogen (secondary N) is 1. The fourth-order valence-electron chi connectivity index (χ4n) is 3.08. The molecule has 0 spiro atoms. The summed E-state index contributed by atoms with van der Waals surface area (Å²) in [5.41, 5.74) is 0. The molecule has 6 nitrogen and oxygen atoms in total. The van der Waals surface area contributed by atoms with Crippen LogP contribution in [0.5, 0.6) is 0 Å². The molecule has 2 saturated heterocycles. The minimum atomic E-state index is -3.12. The second kappa shape index (κ2) is 6.29. The molecular formula is C13H21N3O3S2. The molecule has 3 heterocycles. The second-order valence-electron chi connectivity index (χ2n) is 5.67. The highest BCUT2D eigenvalue weighted by Gasteiger charge is 2.43. The van der Waals surface area contributed by atoms with Crippen molar-refractivity contribution in [2.75, 3.05) is 32.0 Å². The molecule has 1 N–H and O–H groups in total. The van der Waals surface area contributed by atoms with E-state index in [0.717, 1.165) is 24.6 Å². The van der Waals surface area contributed by atoms with Gasteiger partial charge in [0.25, 0.3) is 0 Å². The largest absolute Gasteiger partial charge is 0.376 e. The third kappa shape index (κ3) is 3.62. The minimum absolute atomic E-state index is 0.130. The first kappa shape index (κ1) is 15.4. The standard InChI is InChI=1S/C13H21N3O3S2/c1-2-21(17,18)15-5-10-9-19-12-7-16(6-11(10)12)8-13-14-3-4-20-13/h3-4,10-12,15H,2,5-9H2,1H3/t10-,11+,12+/m1/s1. The molecule has 1 aromatic rings. The topological polar surface area (TPSA) is 71.5 Å². The van der Waals surface area contributed by atoms with Crippen LogP contribution in [0.4, 0.5) is 0 Å². The zero-order valence-corrected chi connectivity index (χ0v) is 13.7. The Balaban J connectivity index is 1.54. The lowest BCUT2D eigenvalue weighted by Crippen LogP contribution is -2.34. The van der Waals surface area contributed by atoms with E-state index < -0.39 is 10.0 Å². The fraction of sp³-hybridized carbons (Fsp3) is 0.769. The number of likely N-dealkylation sites (tertiary alicyclic amines) is 1. The van der Waals surface area contributed by atoms with Gasteiger partial charge in [-0.25, -0.2) is 18.1 Å². The molecule has 0 radical (unpaired) electrons. The maximum Gasteiger partial charge on any atom is 0.211 e. The molecule has 0 unspecified atom stereocenters. The summed E-state index contributed by atoms with van der Waals surface area (Å²) in [4.78, 5) is 6.67. The third-order valence-corrected chi connectivity index (χ3v) is 6.43. The summed E-state index contributed by atoms with van der Waals surface area (Å²) in [6, 6.07) is 0. The van der Waals surface area contributed by atoms with Crippen molar-refractivity contribution in [1.29, 1.82) is 0 Å². The molecule has 118 valence electrons. The number of ether oxygens (including phenoxy) is 1. The van der Waals surface area contributed by atoms with Crippen molar-refractivity contribution in [3.05, 3.63) is 16.6 Å². The molecule has 0 amide bonds. The number of hydrogen-bond donors (Lipinski definition) is 1. The summed E-state index contributed by atoms with van der Waals surface area (Å²) in [6.45, 7) is 5.54. The molecule has 8 heteroatoms. The van der Waals surface area contributed by atoms with E-state index in [1.165, 1.54) is 0 Å². The van der Waals surface area contributed by atoms with Gasteiger partial charge in [0.1, 0.15) is 5.01 Å². The average Bonchev–Trinajstić information content (AvgIpc) is 3.14. The summed E-state index contributed by atoms with van der Waals surface area (Å²) in [7, 11) is -3.12. The third-order valence-electron chi connectivity index (χ3n) is 4.30. The van der Waals surface area contributed by atoms with E-state index in [4.69, 9.17) is 4.74 Å². The second-order valence-corrected chi connectivity index (χ2v) is 8.74. The molecule has 0 aromatic carbocycles. The van der Waals surface area contributed by atoms with Gasteiger partial charge < -0.3 is 4.74 Å². The number of sulfonamides is 1. The minimum Gasteiger partial charge on any atom is -0.376 e. The van der Waals surface area contributed by atoms with Crippen molar-refractivity contribution in [3.8, 4) is 0 Å². The monoisotopic (exact) mass is 331 g/mol. The van der Waals surface area contributed by atoms with Crippen LogP contribution in [0.2, 0.25) is 0 Å². The zero-order chi connectivity index (χ0) is 14.9. The Morgan fingerprint density at radius 1 is 1.52 bits per heavy atom. The lowest BCUT2D eigenvalue weighted by Gasteiger charge is -2.19. The SMILES string of the molecule is CCS(=O)(=O)NC[C@@H]1CO[C@H]2CN(Cc3nccs3)C[C@@H]12. The van der Waals surface area contributed by atoms with Gasteiger partial charge in [-0.05, 0) is 6.92 Å². The van der Waals surface area contributed by atoms with Crippen molar-refractivity contribution in [1.82, 2.24) is 14.6 Å². The molecule has 0 saturated carbocycles. The van der Waals surface area contributed by atoms with Crippen LogP contribution in [0.25, 0.3) is 0 Å². The highest BCUT2D eigenvalue weighted by atomic mass is 32.2. The van der Waals surface area contributed by atoms with Gasteiger partial charge in [-0.1, -0.05) is 0 Å². The fourth-order valence-corrected chi connectivity index (χ4v) is 4.41. The maximum atomic E-state index is 11.6. The Labute approximate surface area is 129 Å². The zero-order valence-electron chi connectivity index (χ0n) is 12.1. The smallest absolute Gasteiger partial charge is 0.211 e. The molecule has 3 atom stereocenters. The first-order valence-electron chi connectivity index (χ1n) is 7.27. The molecule has 1 aromatic heterocycles. The van der Waals surface area contributed by atoms with Gasteiger partial charge in [0.15, 0.2) is 0 Å². The Bertz CT molecular complexity index is 561. The summed E-state index contributed by atoms with van der Waals surface area (Å²) in [6.07, 6.45) is 2.07. The van der Waals surface area contributed by atoms with Gasteiger partial charge in [-0.15, -0.1) is 11.3 Å². The average molecular weight is 331 g/mol. The van der Waals surface area contributed by atoms with Crippen molar-refractivity contribution < 1.29 is 13.2 Å². The predicted molar refractivity (Wildman–Crippen MR) is 81.6 cm³/mol. The van der Waals surface area contributed by atoms with Crippen molar-refractivity contribution >= 4 is 21.4 Å². The molecule has 3 rings (SSSR count). The molecule has 2 aliphatic heterocycles. The number of fused-ring (bicyclic) bond motifs is 1. The number of aromatic nitrogens is 1. The van der Waals surface area contributed by atoms with Crippen LogP contribution >= 0.6 is 11.3 Å². The van der Waals surface area contributed by atoms with Crippen molar-refractivity contribution in [2.45, 2.75) is 19.6 Å². The van der Waals surface area contributed by atoms with E-state index in [0.29, 0.717) is 19.1 Å². The van der Waals surface area contributed by atoms with Crippen LogP contribution in [-0.4, -0.2) is 56.4 Å². The quantitative estimate of drug-likeness (QED) is 0.823. The van der Waals surface area contributed by atoms with Crippen LogP contribution in [0.3, 0.4) is 0 Å². The lowest BCUT2D eigenvalue weighted by atomic mass is 9.93. The lowest BCUT2D eigenvalue weighted by molar-refractivity contribution is 0.0942. The number of nitrogens with zero attached hydrogens (tertiary/aromatic N) is 2. The Kier molecular flexibility index (Phi) is 4.60. The summed E-state index contributed by atoms with van der Waals surface area (Å²) < 4.78 is 31.6. The summed E-state index contributed by atoms with van der Waals surface area (Å²) in [5, 5.41) is 3.11. The van der Waals surface area contributed by atoms with E-state index in [2.05, 4.69) is 14.6 Å². The number of rotatable bonds is 6. The molecule has 21 heavy (non-hydrogen) atoms. The van der Waals surface area contributed by atoms with Gasteiger partial charge >= 0.3 is 0 Å². The van der Waals surface area contributed by atoms with Gasteiger partial charge in [-0.3, -0.25) is 4.90 Å². The highest BCUT2D eigenvalue weighted by Crippen LogP contribution is 2.34. The van der Waals surface area contributed by atoms with E-state index >= 15 is 0 Å².